The molecule has 4 atom stereocenters. The van der Waals surface area contributed by atoms with Crippen molar-refractivity contribution in [2.75, 3.05) is 19.6 Å². The van der Waals surface area contributed by atoms with Gasteiger partial charge in [-0.15, -0.1) is 0 Å². The van der Waals surface area contributed by atoms with Crippen molar-refractivity contribution < 1.29 is 4.92 Å². The number of nitro groups is 1. The van der Waals surface area contributed by atoms with Crippen molar-refractivity contribution in [1.29, 1.82) is 0 Å². The molecule has 0 spiro atoms. The van der Waals surface area contributed by atoms with E-state index >= 15 is 0 Å². The first-order chi connectivity index (χ1) is 13.2. The molecular weight excluding hydrogens is 338 g/mol. The fourth-order valence-electron chi connectivity index (χ4n) is 6.22. The number of nitro benzene ring substituents is 1. The molecule has 2 bridgehead atoms. The zero-order valence-electron chi connectivity index (χ0n) is 15.9. The van der Waals surface area contributed by atoms with E-state index in [2.05, 4.69) is 15.9 Å². The normalized spacial score (nSPS) is 33.7. The molecule has 3 saturated heterocycles. The minimum atomic E-state index is -0.316. The van der Waals surface area contributed by atoms with Gasteiger partial charge in [0.1, 0.15) is 0 Å². The third-order valence-corrected chi connectivity index (χ3v) is 7.29. The second kappa shape index (κ2) is 7.02. The standard InChI is InChI=1S/C22H29N3O2/c26-25(27)20-8-6-16(7-9-20)14-24-11-3-4-17-12-18-13-19(22(17)24)15-23-10-2-1-5-21(18)23/h6-9,12,18-19,21-22H,1-5,10-11,13-15H2/t18-,19+,21+,22+/m0/s1. The van der Waals surface area contributed by atoms with Gasteiger partial charge in [0, 0.05) is 37.3 Å². The highest BCUT2D eigenvalue weighted by Gasteiger charge is 2.45. The van der Waals surface area contributed by atoms with E-state index in [9.17, 15) is 10.1 Å². The maximum atomic E-state index is 10.9. The average molecular weight is 367 g/mol. The molecule has 3 heterocycles. The summed E-state index contributed by atoms with van der Waals surface area (Å²) in [6, 6.07) is 8.53. The van der Waals surface area contributed by atoms with Crippen LogP contribution in [0.5, 0.6) is 0 Å². The highest BCUT2D eigenvalue weighted by atomic mass is 16.6. The number of piperidine rings is 3. The van der Waals surface area contributed by atoms with Crippen molar-refractivity contribution in [2.45, 2.75) is 57.2 Å². The SMILES string of the molecule is O=[N+]([O-])c1ccc(CN2CCCC3=C[C@H]4C[C@H](CN5CCCC[C@H]45)[C@@H]32)cc1. The van der Waals surface area contributed by atoms with Crippen LogP contribution in [0.15, 0.2) is 35.9 Å². The number of non-ortho nitro benzene ring substituents is 1. The Bertz CT molecular complexity index is 744. The van der Waals surface area contributed by atoms with Gasteiger partial charge in [0.15, 0.2) is 0 Å². The molecule has 3 fully saturated rings. The number of rotatable bonds is 3. The lowest BCUT2D eigenvalue weighted by molar-refractivity contribution is -0.384. The van der Waals surface area contributed by atoms with Gasteiger partial charge in [-0.25, -0.2) is 0 Å². The van der Waals surface area contributed by atoms with E-state index in [4.69, 9.17) is 0 Å². The van der Waals surface area contributed by atoms with Crippen molar-refractivity contribution in [3.05, 3.63) is 51.6 Å². The quantitative estimate of drug-likeness (QED) is 0.460. The van der Waals surface area contributed by atoms with E-state index in [-0.39, 0.29) is 10.6 Å². The van der Waals surface area contributed by atoms with Crippen LogP contribution in [0.25, 0.3) is 0 Å². The molecule has 1 aromatic rings. The summed E-state index contributed by atoms with van der Waals surface area (Å²) in [6.07, 6.45) is 10.7. The van der Waals surface area contributed by atoms with E-state index < -0.39 is 0 Å². The first-order valence-corrected chi connectivity index (χ1v) is 10.6. The summed E-state index contributed by atoms with van der Waals surface area (Å²) in [4.78, 5) is 16.0. The fraction of sp³-hybridized carbons (Fsp3) is 0.636. The van der Waals surface area contributed by atoms with Crippen LogP contribution in [0.4, 0.5) is 5.69 Å². The van der Waals surface area contributed by atoms with Crippen molar-refractivity contribution in [2.24, 2.45) is 11.8 Å². The Balaban J connectivity index is 1.37. The smallest absolute Gasteiger partial charge is 0.269 e. The highest BCUT2D eigenvalue weighted by Crippen LogP contribution is 2.45. The lowest BCUT2D eigenvalue weighted by Crippen LogP contribution is -2.58. The van der Waals surface area contributed by atoms with E-state index in [0.29, 0.717) is 6.04 Å². The Labute approximate surface area is 161 Å². The van der Waals surface area contributed by atoms with Crippen LogP contribution >= 0.6 is 0 Å². The van der Waals surface area contributed by atoms with Gasteiger partial charge in [-0.1, -0.05) is 30.2 Å². The third-order valence-electron chi connectivity index (χ3n) is 7.29. The predicted molar refractivity (Wildman–Crippen MR) is 105 cm³/mol. The second-order valence-corrected chi connectivity index (χ2v) is 8.90. The Morgan fingerprint density at radius 3 is 2.78 bits per heavy atom. The van der Waals surface area contributed by atoms with E-state index in [1.165, 1.54) is 57.2 Å². The van der Waals surface area contributed by atoms with Gasteiger partial charge in [0.05, 0.1) is 4.92 Å². The summed E-state index contributed by atoms with van der Waals surface area (Å²) in [5, 5.41) is 10.9. The molecular formula is C22H29N3O2. The Morgan fingerprint density at radius 2 is 1.96 bits per heavy atom. The van der Waals surface area contributed by atoms with Crippen LogP contribution in [0.2, 0.25) is 0 Å². The molecule has 0 N–H and O–H groups in total. The highest BCUT2D eigenvalue weighted by molar-refractivity contribution is 5.33. The maximum Gasteiger partial charge on any atom is 0.269 e. The second-order valence-electron chi connectivity index (χ2n) is 8.90. The summed E-state index contributed by atoms with van der Waals surface area (Å²) in [6.45, 7) is 4.60. The molecule has 0 amide bonds. The average Bonchev–Trinajstić information content (AvgIpc) is 2.68. The molecule has 0 aromatic heterocycles. The maximum absolute atomic E-state index is 10.9. The molecule has 27 heavy (non-hydrogen) atoms. The number of likely N-dealkylation sites (tertiary alicyclic amines) is 1. The molecule has 4 aliphatic rings. The Morgan fingerprint density at radius 1 is 1.11 bits per heavy atom. The molecule has 5 nitrogen and oxygen atoms in total. The lowest BCUT2D eigenvalue weighted by atomic mass is 9.68. The van der Waals surface area contributed by atoms with E-state index in [1.54, 1.807) is 17.7 Å². The summed E-state index contributed by atoms with van der Waals surface area (Å²) < 4.78 is 0. The molecule has 5 heteroatoms. The van der Waals surface area contributed by atoms with Crippen LogP contribution in [-0.2, 0) is 6.54 Å². The van der Waals surface area contributed by atoms with E-state index in [0.717, 1.165) is 31.0 Å². The summed E-state index contributed by atoms with van der Waals surface area (Å²) in [5.74, 6) is 1.53. The van der Waals surface area contributed by atoms with Crippen LogP contribution in [-0.4, -0.2) is 46.4 Å². The van der Waals surface area contributed by atoms with Gasteiger partial charge in [-0.3, -0.25) is 19.9 Å². The molecule has 3 aliphatic heterocycles. The third kappa shape index (κ3) is 3.21. The predicted octanol–water partition coefficient (Wildman–Crippen LogP) is 3.99. The molecule has 0 radical (unpaired) electrons. The van der Waals surface area contributed by atoms with Crippen molar-refractivity contribution in [3.8, 4) is 0 Å². The minimum Gasteiger partial charge on any atom is -0.299 e. The summed E-state index contributed by atoms with van der Waals surface area (Å²) in [5.41, 5.74) is 3.06. The van der Waals surface area contributed by atoms with Crippen molar-refractivity contribution in [3.63, 3.8) is 0 Å². The van der Waals surface area contributed by atoms with Crippen molar-refractivity contribution >= 4 is 5.69 Å². The van der Waals surface area contributed by atoms with Crippen LogP contribution in [0.3, 0.4) is 0 Å². The Kier molecular flexibility index (Phi) is 4.52. The van der Waals surface area contributed by atoms with E-state index in [1.807, 2.05) is 12.1 Å². The van der Waals surface area contributed by atoms with Crippen molar-refractivity contribution in [1.82, 2.24) is 9.80 Å². The van der Waals surface area contributed by atoms with Gasteiger partial charge in [-0.05, 0) is 62.6 Å². The summed E-state index contributed by atoms with van der Waals surface area (Å²) in [7, 11) is 0. The van der Waals surface area contributed by atoms with Gasteiger partial charge < -0.3 is 0 Å². The molecule has 0 unspecified atom stereocenters. The minimum absolute atomic E-state index is 0.182. The van der Waals surface area contributed by atoms with Gasteiger partial charge in [0.25, 0.3) is 5.69 Å². The molecule has 144 valence electrons. The van der Waals surface area contributed by atoms with Crippen LogP contribution in [0.1, 0.15) is 44.1 Å². The fourth-order valence-corrected chi connectivity index (χ4v) is 6.22. The summed E-state index contributed by atoms with van der Waals surface area (Å²) >= 11 is 0. The number of hydrogen-bond acceptors (Lipinski definition) is 4. The molecule has 1 aromatic carbocycles. The molecule has 1 aliphatic carbocycles. The number of hydrogen-bond donors (Lipinski definition) is 0. The van der Waals surface area contributed by atoms with Crippen LogP contribution in [0, 0.1) is 22.0 Å². The monoisotopic (exact) mass is 367 g/mol. The number of fused-ring (bicyclic) bond motifs is 6. The zero-order chi connectivity index (χ0) is 18.4. The molecule has 0 saturated carbocycles. The van der Waals surface area contributed by atoms with Crippen LogP contribution < -0.4 is 0 Å². The largest absolute Gasteiger partial charge is 0.299 e. The number of nitrogens with zero attached hydrogens (tertiary/aromatic N) is 3. The lowest BCUT2D eigenvalue weighted by Gasteiger charge is -2.54. The van der Waals surface area contributed by atoms with Gasteiger partial charge in [0.2, 0.25) is 0 Å². The first kappa shape index (κ1) is 17.4. The Hall–Kier alpha value is -1.72. The number of benzene rings is 1. The van der Waals surface area contributed by atoms with Gasteiger partial charge >= 0.3 is 0 Å². The topological polar surface area (TPSA) is 49.6 Å². The molecule has 5 rings (SSSR count). The first-order valence-electron chi connectivity index (χ1n) is 10.6. The van der Waals surface area contributed by atoms with Gasteiger partial charge in [-0.2, -0.15) is 0 Å². The zero-order valence-corrected chi connectivity index (χ0v) is 15.9.